The second-order valence-electron chi connectivity index (χ2n) is 5.70. The number of nitrogens with zero attached hydrogens (tertiary/aromatic N) is 3. The van der Waals surface area contributed by atoms with Gasteiger partial charge in [0.05, 0.1) is 14.2 Å². The molecule has 1 amide bonds. The summed E-state index contributed by atoms with van der Waals surface area (Å²) in [6.07, 6.45) is 0. The average molecular weight is 358 g/mol. The van der Waals surface area contributed by atoms with Crippen molar-refractivity contribution in [1.82, 2.24) is 15.3 Å². The Labute approximate surface area is 154 Å². The van der Waals surface area contributed by atoms with Crippen molar-refractivity contribution in [3.63, 3.8) is 0 Å². The van der Waals surface area contributed by atoms with Crippen molar-refractivity contribution in [2.75, 3.05) is 32.2 Å². The van der Waals surface area contributed by atoms with Gasteiger partial charge in [0, 0.05) is 25.7 Å². The van der Waals surface area contributed by atoms with E-state index in [4.69, 9.17) is 9.47 Å². The van der Waals surface area contributed by atoms with E-state index in [0.717, 1.165) is 24.5 Å². The molecule has 0 spiro atoms. The Balaban J connectivity index is 2.13. The standard InChI is InChI=1S/C19H26N4O3/c1-6-23(7-2)18-11-15(21-13(3)22-18)19(24)20-12-14-8-9-16(25-4)17(10-14)26-5/h8-11H,6-7,12H2,1-5H3,(H,20,24). The fraction of sp³-hybridized carbons (Fsp3) is 0.421. The van der Waals surface area contributed by atoms with E-state index in [1.165, 1.54) is 0 Å². The molecule has 0 bridgehead atoms. The van der Waals surface area contributed by atoms with Crippen LogP contribution in [0.5, 0.6) is 11.5 Å². The molecule has 0 fully saturated rings. The van der Waals surface area contributed by atoms with Gasteiger partial charge in [-0.1, -0.05) is 6.07 Å². The van der Waals surface area contributed by atoms with E-state index in [1.807, 2.05) is 18.2 Å². The van der Waals surface area contributed by atoms with E-state index in [-0.39, 0.29) is 5.91 Å². The van der Waals surface area contributed by atoms with Crippen molar-refractivity contribution in [3.05, 3.63) is 41.3 Å². The average Bonchev–Trinajstić information content (AvgIpc) is 2.66. The molecule has 0 unspecified atom stereocenters. The molecule has 140 valence electrons. The first kappa shape index (κ1) is 19.5. The molecular weight excluding hydrogens is 332 g/mol. The number of anilines is 1. The summed E-state index contributed by atoms with van der Waals surface area (Å²) in [5.74, 6) is 2.38. The van der Waals surface area contributed by atoms with Gasteiger partial charge in [-0.3, -0.25) is 4.79 Å². The minimum absolute atomic E-state index is 0.237. The summed E-state index contributed by atoms with van der Waals surface area (Å²) in [6.45, 7) is 7.90. The van der Waals surface area contributed by atoms with Crippen LogP contribution in [-0.4, -0.2) is 43.2 Å². The van der Waals surface area contributed by atoms with Gasteiger partial charge in [-0.05, 0) is 38.5 Å². The predicted molar refractivity (Wildman–Crippen MR) is 101 cm³/mol. The van der Waals surface area contributed by atoms with Crippen LogP contribution in [0.25, 0.3) is 0 Å². The first-order chi connectivity index (χ1) is 12.5. The largest absolute Gasteiger partial charge is 0.493 e. The van der Waals surface area contributed by atoms with E-state index in [2.05, 4.69) is 34.0 Å². The molecule has 1 aromatic carbocycles. The molecule has 0 saturated carbocycles. The summed E-state index contributed by atoms with van der Waals surface area (Å²) in [6, 6.07) is 7.26. The molecule has 0 atom stereocenters. The number of amides is 1. The molecule has 1 aromatic heterocycles. The minimum atomic E-state index is -0.237. The summed E-state index contributed by atoms with van der Waals surface area (Å²) in [5, 5.41) is 2.89. The Hall–Kier alpha value is -2.83. The molecule has 0 saturated heterocycles. The molecule has 0 aliphatic heterocycles. The van der Waals surface area contributed by atoms with Crippen LogP contribution in [0.15, 0.2) is 24.3 Å². The molecule has 7 heteroatoms. The molecule has 0 radical (unpaired) electrons. The quantitative estimate of drug-likeness (QED) is 0.782. The maximum atomic E-state index is 12.5. The van der Waals surface area contributed by atoms with Crippen LogP contribution in [-0.2, 0) is 6.54 Å². The van der Waals surface area contributed by atoms with Gasteiger partial charge in [0.25, 0.3) is 5.91 Å². The van der Waals surface area contributed by atoms with Crippen LogP contribution in [0.4, 0.5) is 5.82 Å². The highest BCUT2D eigenvalue weighted by Gasteiger charge is 2.13. The van der Waals surface area contributed by atoms with Gasteiger partial charge in [-0.25, -0.2) is 9.97 Å². The van der Waals surface area contributed by atoms with Gasteiger partial charge in [-0.15, -0.1) is 0 Å². The van der Waals surface area contributed by atoms with Crippen molar-refractivity contribution in [1.29, 1.82) is 0 Å². The van der Waals surface area contributed by atoms with Crippen LogP contribution in [0, 0.1) is 6.92 Å². The zero-order valence-electron chi connectivity index (χ0n) is 16.0. The Bertz CT molecular complexity index is 760. The Morgan fingerprint density at radius 3 is 2.38 bits per heavy atom. The van der Waals surface area contributed by atoms with Crippen molar-refractivity contribution in [2.24, 2.45) is 0 Å². The normalized spacial score (nSPS) is 10.3. The number of methoxy groups -OCH3 is 2. The molecule has 2 rings (SSSR count). The number of hydrogen-bond donors (Lipinski definition) is 1. The van der Waals surface area contributed by atoms with Gasteiger partial charge in [0.1, 0.15) is 17.3 Å². The van der Waals surface area contributed by atoms with Crippen LogP contribution >= 0.6 is 0 Å². The lowest BCUT2D eigenvalue weighted by Crippen LogP contribution is -2.27. The van der Waals surface area contributed by atoms with Gasteiger partial charge in [0.15, 0.2) is 11.5 Å². The highest BCUT2D eigenvalue weighted by Crippen LogP contribution is 2.27. The molecule has 26 heavy (non-hydrogen) atoms. The highest BCUT2D eigenvalue weighted by atomic mass is 16.5. The smallest absolute Gasteiger partial charge is 0.270 e. The maximum Gasteiger partial charge on any atom is 0.270 e. The number of aryl methyl sites for hydroxylation is 1. The molecule has 2 aromatic rings. The van der Waals surface area contributed by atoms with Crippen molar-refractivity contribution >= 4 is 11.7 Å². The van der Waals surface area contributed by atoms with Gasteiger partial charge in [-0.2, -0.15) is 0 Å². The first-order valence-corrected chi connectivity index (χ1v) is 8.62. The topological polar surface area (TPSA) is 76.6 Å². The Morgan fingerprint density at radius 1 is 1.08 bits per heavy atom. The van der Waals surface area contributed by atoms with Crippen LogP contribution in [0.2, 0.25) is 0 Å². The third-order valence-corrected chi connectivity index (χ3v) is 4.05. The fourth-order valence-electron chi connectivity index (χ4n) is 2.64. The van der Waals surface area contributed by atoms with Crippen molar-refractivity contribution in [3.8, 4) is 11.5 Å². The maximum absolute atomic E-state index is 12.5. The monoisotopic (exact) mass is 358 g/mol. The lowest BCUT2D eigenvalue weighted by Gasteiger charge is -2.20. The van der Waals surface area contributed by atoms with E-state index < -0.39 is 0 Å². The summed E-state index contributed by atoms with van der Waals surface area (Å²) < 4.78 is 10.5. The summed E-state index contributed by atoms with van der Waals surface area (Å²) in [7, 11) is 3.17. The lowest BCUT2D eigenvalue weighted by atomic mass is 10.2. The lowest BCUT2D eigenvalue weighted by molar-refractivity contribution is 0.0945. The van der Waals surface area contributed by atoms with Gasteiger partial charge in [0.2, 0.25) is 0 Å². The van der Waals surface area contributed by atoms with E-state index in [1.54, 1.807) is 27.2 Å². The predicted octanol–water partition coefficient (Wildman–Crippen LogP) is 2.58. The van der Waals surface area contributed by atoms with Crippen LogP contribution in [0.3, 0.4) is 0 Å². The van der Waals surface area contributed by atoms with Crippen LogP contribution in [0.1, 0.15) is 35.7 Å². The molecule has 7 nitrogen and oxygen atoms in total. The van der Waals surface area contributed by atoms with Crippen LogP contribution < -0.4 is 19.7 Å². The molecule has 0 aliphatic rings. The van der Waals surface area contributed by atoms with E-state index in [0.29, 0.717) is 29.6 Å². The third kappa shape index (κ3) is 4.62. The highest BCUT2D eigenvalue weighted by molar-refractivity contribution is 5.92. The first-order valence-electron chi connectivity index (χ1n) is 8.62. The second-order valence-corrected chi connectivity index (χ2v) is 5.70. The van der Waals surface area contributed by atoms with Gasteiger partial charge >= 0.3 is 0 Å². The number of benzene rings is 1. The van der Waals surface area contributed by atoms with E-state index in [9.17, 15) is 4.79 Å². The zero-order valence-corrected chi connectivity index (χ0v) is 16.0. The zero-order chi connectivity index (χ0) is 19.1. The minimum Gasteiger partial charge on any atom is -0.493 e. The summed E-state index contributed by atoms with van der Waals surface area (Å²) >= 11 is 0. The van der Waals surface area contributed by atoms with Crippen molar-refractivity contribution < 1.29 is 14.3 Å². The molecule has 1 N–H and O–H groups in total. The number of carbonyl (C=O) groups excluding carboxylic acids is 1. The Kier molecular flexibility index (Phi) is 6.77. The summed E-state index contributed by atoms with van der Waals surface area (Å²) in [4.78, 5) is 23.3. The van der Waals surface area contributed by atoms with Crippen molar-refractivity contribution in [2.45, 2.75) is 27.3 Å². The van der Waals surface area contributed by atoms with E-state index >= 15 is 0 Å². The summed E-state index contributed by atoms with van der Waals surface area (Å²) in [5.41, 5.74) is 1.27. The molecule has 0 aliphatic carbocycles. The second kappa shape index (κ2) is 9.03. The van der Waals surface area contributed by atoms with Gasteiger partial charge < -0.3 is 19.7 Å². The molecule has 1 heterocycles. The third-order valence-electron chi connectivity index (χ3n) is 4.05. The SMILES string of the molecule is CCN(CC)c1cc(C(=O)NCc2ccc(OC)c(OC)c2)nc(C)n1. The number of nitrogens with one attached hydrogen (secondary N) is 1. The fourth-order valence-corrected chi connectivity index (χ4v) is 2.64. The molecular formula is C19H26N4O3. The number of hydrogen-bond acceptors (Lipinski definition) is 6. The number of ether oxygens (including phenoxy) is 2. The number of rotatable bonds is 8. The number of aromatic nitrogens is 2. The number of carbonyl (C=O) groups is 1. The Morgan fingerprint density at radius 2 is 1.77 bits per heavy atom.